The van der Waals surface area contributed by atoms with E-state index in [1.54, 1.807) is 6.26 Å². The van der Waals surface area contributed by atoms with Crippen LogP contribution in [0, 0.1) is 18.8 Å². The predicted octanol–water partition coefficient (Wildman–Crippen LogP) is 1.63. The van der Waals surface area contributed by atoms with Crippen molar-refractivity contribution >= 4 is 0 Å². The Morgan fingerprint density at radius 2 is 2.38 bits per heavy atom. The topological polar surface area (TPSA) is 28.4 Å². The van der Waals surface area contributed by atoms with Crippen LogP contribution in [-0.2, 0) is 6.54 Å². The van der Waals surface area contributed by atoms with Crippen molar-refractivity contribution in [1.82, 2.24) is 10.2 Å². The minimum absolute atomic E-state index is 0.685. The first kappa shape index (κ1) is 10.4. The zero-order valence-electron chi connectivity index (χ0n) is 10.1. The molecule has 3 atom stereocenters. The monoisotopic (exact) mass is 220 g/mol. The number of hydrogen-bond donors (Lipinski definition) is 1. The molecule has 0 spiro atoms. The first-order valence-electron chi connectivity index (χ1n) is 6.23. The Balaban J connectivity index is 1.71. The Morgan fingerprint density at radius 3 is 3.06 bits per heavy atom. The Morgan fingerprint density at radius 1 is 1.50 bits per heavy atom. The smallest absolute Gasteiger partial charge is 0.120 e. The van der Waals surface area contributed by atoms with Gasteiger partial charge in [-0.25, -0.2) is 0 Å². The Labute approximate surface area is 96.8 Å². The van der Waals surface area contributed by atoms with E-state index >= 15 is 0 Å². The second-order valence-corrected chi connectivity index (χ2v) is 5.28. The van der Waals surface area contributed by atoms with Crippen molar-refractivity contribution in [3.05, 3.63) is 23.7 Å². The summed E-state index contributed by atoms with van der Waals surface area (Å²) >= 11 is 0. The highest BCUT2D eigenvalue weighted by Crippen LogP contribution is 2.33. The van der Waals surface area contributed by atoms with Crippen LogP contribution in [0.3, 0.4) is 0 Å². The third-order valence-corrected chi connectivity index (χ3v) is 4.37. The molecule has 3 unspecified atom stereocenters. The second-order valence-electron chi connectivity index (χ2n) is 5.28. The van der Waals surface area contributed by atoms with Gasteiger partial charge in [-0.05, 0) is 50.4 Å². The summed E-state index contributed by atoms with van der Waals surface area (Å²) in [6, 6.07) is 2.74. The number of nitrogens with zero attached hydrogens (tertiary/aromatic N) is 1. The van der Waals surface area contributed by atoms with Crippen LogP contribution >= 0.6 is 0 Å². The standard InChI is InChI=1S/C13H20N2O/c1-9-3-4-16-13(9)8-15-7-11-5-14-6-12(11)10(15)2/h3-4,10-12,14H,5-8H2,1-2H3. The SMILES string of the molecule is Cc1ccoc1CN1CC2CNCC2C1C. The molecule has 0 saturated carbocycles. The summed E-state index contributed by atoms with van der Waals surface area (Å²) in [5, 5.41) is 3.50. The lowest BCUT2D eigenvalue weighted by atomic mass is 9.95. The molecular weight excluding hydrogens is 200 g/mol. The molecule has 3 rings (SSSR count). The van der Waals surface area contributed by atoms with Crippen molar-refractivity contribution in [3.63, 3.8) is 0 Å². The molecule has 0 radical (unpaired) electrons. The van der Waals surface area contributed by atoms with Gasteiger partial charge in [-0.2, -0.15) is 0 Å². The maximum absolute atomic E-state index is 5.54. The van der Waals surface area contributed by atoms with Crippen molar-refractivity contribution in [1.29, 1.82) is 0 Å². The molecule has 0 aromatic carbocycles. The first-order chi connectivity index (χ1) is 7.75. The number of nitrogens with one attached hydrogen (secondary N) is 1. The van der Waals surface area contributed by atoms with E-state index in [0.717, 1.165) is 24.1 Å². The van der Waals surface area contributed by atoms with Crippen molar-refractivity contribution in [2.24, 2.45) is 11.8 Å². The molecule has 2 fully saturated rings. The fourth-order valence-electron chi connectivity index (χ4n) is 3.22. The Kier molecular flexibility index (Phi) is 2.52. The third kappa shape index (κ3) is 1.59. The lowest BCUT2D eigenvalue weighted by Crippen LogP contribution is -2.32. The quantitative estimate of drug-likeness (QED) is 0.821. The Hall–Kier alpha value is -0.800. The molecule has 3 nitrogen and oxygen atoms in total. The van der Waals surface area contributed by atoms with Crippen LogP contribution in [0.1, 0.15) is 18.2 Å². The Bertz CT molecular complexity index is 374. The van der Waals surface area contributed by atoms with E-state index in [9.17, 15) is 0 Å². The molecule has 16 heavy (non-hydrogen) atoms. The third-order valence-electron chi connectivity index (χ3n) is 4.37. The van der Waals surface area contributed by atoms with Crippen LogP contribution < -0.4 is 5.32 Å². The van der Waals surface area contributed by atoms with Crippen LogP contribution in [0.25, 0.3) is 0 Å². The van der Waals surface area contributed by atoms with E-state index in [1.165, 1.54) is 25.2 Å². The molecule has 2 aliphatic heterocycles. The summed E-state index contributed by atoms with van der Waals surface area (Å²) < 4.78 is 5.54. The van der Waals surface area contributed by atoms with Crippen molar-refractivity contribution in [2.75, 3.05) is 19.6 Å². The van der Waals surface area contributed by atoms with Crippen molar-refractivity contribution in [3.8, 4) is 0 Å². The normalized spacial score (nSPS) is 34.5. The van der Waals surface area contributed by atoms with Gasteiger partial charge in [0.15, 0.2) is 0 Å². The lowest BCUT2D eigenvalue weighted by Gasteiger charge is -2.23. The van der Waals surface area contributed by atoms with E-state index in [4.69, 9.17) is 4.42 Å². The highest BCUT2D eigenvalue weighted by molar-refractivity contribution is 5.15. The molecule has 1 aromatic heterocycles. The zero-order valence-corrected chi connectivity index (χ0v) is 10.1. The van der Waals surface area contributed by atoms with Crippen molar-refractivity contribution in [2.45, 2.75) is 26.4 Å². The predicted molar refractivity (Wildman–Crippen MR) is 63.2 cm³/mol. The van der Waals surface area contributed by atoms with Gasteiger partial charge in [-0.15, -0.1) is 0 Å². The van der Waals surface area contributed by atoms with Gasteiger partial charge >= 0.3 is 0 Å². The van der Waals surface area contributed by atoms with Gasteiger partial charge in [0.1, 0.15) is 5.76 Å². The van der Waals surface area contributed by atoms with E-state index < -0.39 is 0 Å². The number of fused-ring (bicyclic) bond motifs is 1. The van der Waals surface area contributed by atoms with Gasteiger partial charge in [-0.1, -0.05) is 0 Å². The highest BCUT2D eigenvalue weighted by Gasteiger charge is 2.41. The van der Waals surface area contributed by atoms with Gasteiger partial charge < -0.3 is 9.73 Å². The molecule has 2 aliphatic rings. The second kappa shape index (κ2) is 3.90. The molecule has 88 valence electrons. The van der Waals surface area contributed by atoms with Crippen LogP contribution in [0.15, 0.2) is 16.7 Å². The molecule has 3 heterocycles. The summed E-state index contributed by atoms with van der Waals surface area (Å²) in [5.41, 5.74) is 1.28. The van der Waals surface area contributed by atoms with Gasteiger partial charge in [0, 0.05) is 12.6 Å². The summed E-state index contributed by atoms with van der Waals surface area (Å²) in [6.07, 6.45) is 1.80. The largest absolute Gasteiger partial charge is 0.468 e. The molecule has 0 aliphatic carbocycles. The van der Waals surface area contributed by atoms with Gasteiger partial charge in [0.2, 0.25) is 0 Å². The van der Waals surface area contributed by atoms with Gasteiger partial charge in [0.05, 0.1) is 12.8 Å². The van der Waals surface area contributed by atoms with Crippen LogP contribution in [0.4, 0.5) is 0 Å². The molecule has 2 saturated heterocycles. The average Bonchev–Trinajstić information content (AvgIpc) is 2.91. The fraction of sp³-hybridized carbons (Fsp3) is 0.692. The number of likely N-dealkylation sites (tertiary alicyclic amines) is 1. The molecular formula is C13H20N2O. The van der Waals surface area contributed by atoms with Crippen LogP contribution in [0.2, 0.25) is 0 Å². The zero-order chi connectivity index (χ0) is 11.1. The van der Waals surface area contributed by atoms with Crippen LogP contribution in [-0.4, -0.2) is 30.6 Å². The summed E-state index contributed by atoms with van der Waals surface area (Å²) in [5.74, 6) is 2.83. The minimum atomic E-state index is 0.685. The number of hydrogen-bond acceptors (Lipinski definition) is 3. The number of aryl methyl sites for hydroxylation is 1. The maximum atomic E-state index is 5.54. The van der Waals surface area contributed by atoms with E-state index in [1.807, 2.05) is 0 Å². The maximum Gasteiger partial charge on any atom is 0.120 e. The van der Waals surface area contributed by atoms with E-state index in [2.05, 4.69) is 30.1 Å². The number of furan rings is 1. The molecule has 1 aromatic rings. The lowest BCUT2D eigenvalue weighted by molar-refractivity contribution is 0.213. The molecule has 1 N–H and O–H groups in total. The van der Waals surface area contributed by atoms with Crippen LogP contribution in [0.5, 0.6) is 0 Å². The van der Waals surface area contributed by atoms with Gasteiger partial charge in [0.25, 0.3) is 0 Å². The molecule has 0 bridgehead atoms. The first-order valence-corrected chi connectivity index (χ1v) is 6.23. The van der Waals surface area contributed by atoms with Crippen molar-refractivity contribution < 1.29 is 4.42 Å². The fourth-order valence-corrected chi connectivity index (χ4v) is 3.22. The number of rotatable bonds is 2. The summed E-state index contributed by atoms with van der Waals surface area (Å²) in [4.78, 5) is 2.57. The highest BCUT2D eigenvalue weighted by atomic mass is 16.3. The molecule has 3 heteroatoms. The molecule has 0 amide bonds. The average molecular weight is 220 g/mol. The van der Waals surface area contributed by atoms with E-state index in [-0.39, 0.29) is 0 Å². The minimum Gasteiger partial charge on any atom is -0.468 e. The summed E-state index contributed by atoms with van der Waals surface area (Å²) in [7, 11) is 0. The van der Waals surface area contributed by atoms with Gasteiger partial charge in [-0.3, -0.25) is 4.90 Å². The summed E-state index contributed by atoms with van der Waals surface area (Å²) in [6.45, 7) is 9.08. The van der Waals surface area contributed by atoms with E-state index in [0.29, 0.717) is 6.04 Å².